The van der Waals surface area contributed by atoms with Crippen molar-refractivity contribution in [1.82, 2.24) is 25.4 Å². The minimum absolute atomic E-state index is 0. The van der Waals surface area contributed by atoms with Crippen molar-refractivity contribution in [2.45, 2.75) is 39.4 Å². The molecule has 1 aliphatic rings. The molecular formula is C14H22ClN5. The van der Waals surface area contributed by atoms with Gasteiger partial charge in [-0.15, -0.1) is 12.4 Å². The minimum Gasteiger partial charge on any atom is -0.311 e. The minimum atomic E-state index is 0. The molecule has 0 amide bonds. The Balaban J connectivity index is 0.00000147. The van der Waals surface area contributed by atoms with E-state index < -0.39 is 0 Å². The molecule has 1 aliphatic heterocycles. The first-order valence-corrected chi connectivity index (χ1v) is 6.90. The summed E-state index contributed by atoms with van der Waals surface area (Å²) in [5, 5.41) is 11.8. The van der Waals surface area contributed by atoms with Gasteiger partial charge in [0.05, 0.1) is 0 Å². The Morgan fingerprint density at radius 2 is 2.20 bits per heavy atom. The van der Waals surface area contributed by atoms with Crippen LogP contribution in [0.4, 0.5) is 0 Å². The Labute approximate surface area is 125 Å². The highest BCUT2D eigenvalue weighted by molar-refractivity contribution is 5.85. The first kappa shape index (κ1) is 15.2. The topological polar surface area (TPSA) is 56.8 Å². The number of piperazine rings is 1. The number of hydrogen-bond acceptors (Lipinski definition) is 4. The van der Waals surface area contributed by atoms with Gasteiger partial charge in [-0.2, -0.15) is 5.10 Å². The molecule has 0 bridgehead atoms. The van der Waals surface area contributed by atoms with Crippen LogP contribution in [-0.2, 0) is 6.54 Å². The van der Waals surface area contributed by atoms with Crippen LogP contribution in [0.15, 0.2) is 12.3 Å². The zero-order valence-corrected chi connectivity index (χ0v) is 13.0. The van der Waals surface area contributed by atoms with E-state index in [4.69, 9.17) is 0 Å². The molecule has 2 unspecified atom stereocenters. The number of hydrogen-bond donors (Lipinski definition) is 2. The standard InChI is InChI=1S/C14H21N5.ClH/c1-9-7-19(10(2)5-15-9)8-12-4-13-11(3)17-18-14(13)16-6-12;/h4,6,9-10,15H,5,7-8H2,1-3H3,(H,16,17,18);1H. The number of nitrogens with one attached hydrogen (secondary N) is 2. The quantitative estimate of drug-likeness (QED) is 0.888. The van der Waals surface area contributed by atoms with Gasteiger partial charge in [-0.05, 0) is 32.4 Å². The Hall–Kier alpha value is -1.17. The molecular weight excluding hydrogens is 274 g/mol. The molecule has 2 aromatic rings. The lowest BCUT2D eigenvalue weighted by atomic mass is 10.1. The Morgan fingerprint density at radius 1 is 1.40 bits per heavy atom. The fourth-order valence-corrected chi connectivity index (χ4v) is 2.70. The molecule has 2 N–H and O–H groups in total. The second-order valence-electron chi connectivity index (χ2n) is 5.65. The number of nitrogens with zero attached hydrogens (tertiary/aromatic N) is 3. The third-order valence-corrected chi connectivity index (χ3v) is 3.94. The molecule has 6 heteroatoms. The van der Waals surface area contributed by atoms with Crippen molar-refractivity contribution in [1.29, 1.82) is 0 Å². The van der Waals surface area contributed by atoms with Crippen molar-refractivity contribution in [2.24, 2.45) is 0 Å². The molecule has 0 saturated carbocycles. The van der Waals surface area contributed by atoms with Gasteiger partial charge >= 0.3 is 0 Å². The summed E-state index contributed by atoms with van der Waals surface area (Å²) < 4.78 is 0. The van der Waals surface area contributed by atoms with E-state index in [9.17, 15) is 0 Å². The Morgan fingerprint density at radius 3 is 3.00 bits per heavy atom. The number of aromatic amines is 1. The molecule has 5 nitrogen and oxygen atoms in total. The summed E-state index contributed by atoms with van der Waals surface area (Å²) >= 11 is 0. The maximum absolute atomic E-state index is 4.43. The lowest BCUT2D eigenvalue weighted by Gasteiger charge is -2.37. The van der Waals surface area contributed by atoms with Crippen molar-refractivity contribution in [3.05, 3.63) is 23.5 Å². The third kappa shape index (κ3) is 2.95. The molecule has 2 atom stereocenters. The van der Waals surface area contributed by atoms with Crippen LogP contribution in [0.3, 0.4) is 0 Å². The first-order valence-electron chi connectivity index (χ1n) is 6.90. The van der Waals surface area contributed by atoms with Gasteiger partial charge in [-0.1, -0.05) is 0 Å². The van der Waals surface area contributed by atoms with Crippen molar-refractivity contribution in [3.63, 3.8) is 0 Å². The van der Waals surface area contributed by atoms with Gasteiger partial charge in [0.15, 0.2) is 5.65 Å². The monoisotopic (exact) mass is 295 g/mol. The summed E-state index contributed by atoms with van der Waals surface area (Å²) in [5.41, 5.74) is 3.16. The molecule has 20 heavy (non-hydrogen) atoms. The zero-order chi connectivity index (χ0) is 13.4. The predicted molar refractivity (Wildman–Crippen MR) is 83.2 cm³/mol. The van der Waals surface area contributed by atoms with Crippen molar-refractivity contribution < 1.29 is 0 Å². The highest BCUT2D eigenvalue weighted by Crippen LogP contribution is 2.17. The van der Waals surface area contributed by atoms with Crippen molar-refractivity contribution >= 4 is 23.4 Å². The maximum atomic E-state index is 4.43. The fraction of sp³-hybridized carbons (Fsp3) is 0.571. The molecule has 0 aromatic carbocycles. The molecule has 1 fully saturated rings. The van der Waals surface area contributed by atoms with E-state index >= 15 is 0 Å². The number of aryl methyl sites for hydroxylation is 1. The van der Waals surface area contributed by atoms with Crippen LogP contribution in [0.1, 0.15) is 25.1 Å². The molecule has 2 aromatic heterocycles. The second kappa shape index (κ2) is 6.08. The van der Waals surface area contributed by atoms with Gasteiger partial charge in [0.25, 0.3) is 0 Å². The van der Waals surface area contributed by atoms with Crippen LogP contribution >= 0.6 is 12.4 Å². The van der Waals surface area contributed by atoms with Crippen molar-refractivity contribution in [3.8, 4) is 0 Å². The van der Waals surface area contributed by atoms with E-state index in [2.05, 4.69) is 45.3 Å². The van der Waals surface area contributed by atoms with Crippen LogP contribution in [0, 0.1) is 6.92 Å². The predicted octanol–water partition coefficient (Wildman–Crippen LogP) is 1.87. The number of halogens is 1. The van der Waals surface area contributed by atoms with Crippen molar-refractivity contribution in [2.75, 3.05) is 13.1 Å². The summed E-state index contributed by atoms with van der Waals surface area (Å²) in [7, 11) is 0. The smallest absolute Gasteiger partial charge is 0.181 e. The van der Waals surface area contributed by atoms with E-state index in [0.29, 0.717) is 12.1 Å². The van der Waals surface area contributed by atoms with E-state index in [1.165, 1.54) is 5.56 Å². The van der Waals surface area contributed by atoms with Crippen LogP contribution < -0.4 is 5.32 Å². The van der Waals surface area contributed by atoms with Crippen LogP contribution in [-0.4, -0.2) is 45.3 Å². The first-order chi connectivity index (χ1) is 9.13. The second-order valence-corrected chi connectivity index (χ2v) is 5.65. The maximum Gasteiger partial charge on any atom is 0.181 e. The van der Waals surface area contributed by atoms with E-state index in [0.717, 1.165) is 36.4 Å². The summed E-state index contributed by atoms with van der Waals surface area (Å²) in [6.45, 7) is 9.65. The normalized spacial score (nSPS) is 23.8. The average molecular weight is 296 g/mol. The van der Waals surface area contributed by atoms with Gasteiger partial charge < -0.3 is 5.32 Å². The molecule has 3 rings (SSSR count). The van der Waals surface area contributed by atoms with E-state index in [1.54, 1.807) is 0 Å². The summed E-state index contributed by atoms with van der Waals surface area (Å²) in [6.07, 6.45) is 1.95. The van der Waals surface area contributed by atoms with Gasteiger partial charge in [0.1, 0.15) is 0 Å². The lowest BCUT2D eigenvalue weighted by Crippen LogP contribution is -2.53. The Kier molecular flexibility index (Phi) is 4.62. The zero-order valence-electron chi connectivity index (χ0n) is 12.2. The van der Waals surface area contributed by atoms with Gasteiger partial charge in [0, 0.05) is 49.0 Å². The molecule has 0 spiro atoms. The largest absolute Gasteiger partial charge is 0.311 e. The highest BCUT2D eigenvalue weighted by Gasteiger charge is 2.22. The van der Waals surface area contributed by atoms with Crippen LogP contribution in [0.25, 0.3) is 11.0 Å². The SMILES string of the molecule is Cc1[nH]nc2ncc(CN3CC(C)NCC3C)cc12.Cl. The molecule has 0 radical (unpaired) electrons. The van der Waals surface area contributed by atoms with Gasteiger partial charge in [0.2, 0.25) is 0 Å². The van der Waals surface area contributed by atoms with Crippen LogP contribution in [0.2, 0.25) is 0 Å². The highest BCUT2D eigenvalue weighted by atomic mass is 35.5. The fourth-order valence-electron chi connectivity index (χ4n) is 2.70. The number of H-pyrrole nitrogens is 1. The number of rotatable bonds is 2. The summed E-state index contributed by atoms with van der Waals surface area (Å²) in [6, 6.07) is 3.33. The molecule has 110 valence electrons. The molecule has 0 aliphatic carbocycles. The van der Waals surface area contributed by atoms with E-state index in [1.807, 2.05) is 13.1 Å². The lowest BCUT2D eigenvalue weighted by molar-refractivity contribution is 0.139. The van der Waals surface area contributed by atoms with Gasteiger partial charge in [-0.25, -0.2) is 4.98 Å². The molecule has 1 saturated heterocycles. The summed E-state index contributed by atoms with van der Waals surface area (Å²) in [5.74, 6) is 0. The average Bonchev–Trinajstić information content (AvgIpc) is 2.76. The van der Waals surface area contributed by atoms with E-state index in [-0.39, 0.29) is 12.4 Å². The van der Waals surface area contributed by atoms with Crippen LogP contribution in [0.5, 0.6) is 0 Å². The number of pyridine rings is 1. The third-order valence-electron chi connectivity index (χ3n) is 3.94. The number of aromatic nitrogens is 3. The number of fused-ring (bicyclic) bond motifs is 1. The molecule has 3 heterocycles. The summed E-state index contributed by atoms with van der Waals surface area (Å²) in [4.78, 5) is 6.94. The Bertz CT molecular complexity index is 582. The van der Waals surface area contributed by atoms with Gasteiger partial charge in [-0.3, -0.25) is 10.00 Å².